The number of amides is 1. The second-order valence-corrected chi connectivity index (χ2v) is 6.45. The van der Waals surface area contributed by atoms with Crippen molar-refractivity contribution in [2.75, 3.05) is 33.3 Å². The van der Waals surface area contributed by atoms with E-state index in [0.717, 1.165) is 45.0 Å². The third-order valence-electron chi connectivity index (χ3n) is 4.68. The van der Waals surface area contributed by atoms with Gasteiger partial charge in [-0.25, -0.2) is 0 Å². The predicted octanol–water partition coefficient (Wildman–Crippen LogP) is 1.51. The summed E-state index contributed by atoms with van der Waals surface area (Å²) in [7, 11) is 1.79. The topological polar surface area (TPSA) is 66.0 Å². The molecule has 1 heterocycles. The molecule has 2 N–H and O–H groups in total. The van der Waals surface area contributed by atoms with Crippen LogP contribution in [-0.4, -0.2) is 62.2 Å². The predicted molar refractivity (Wildman–Crippen MR) is 92.6 cm³/mol. The van der Waals surface area contributed by atoms with Crippen molar-refractivity contribution < 1.29 is 9.53 Å². The van der Waals surface area contributed by atoms with Crippen LogP contribution in [0.25, 0.3) is 0 Å². The fourth-order valence-corrected chi connectivity index (χ4v) is 3.30. The van der Waals surface area contributed by atoms with Crippen LogP contribution in [0, 0.1) is 0 Å². The number of nitrogens with one attached hydrogen (secondary N) is 2. The van der Waals surface area contributed by atoms with Crippen LogP contribution in [0.4, 0.5) is 0 Å². The van der Waals surface area contributed by atoms with Gasteiger partial charge in [-0.3, -0.25) is 9.79 Å². The Morgan fingerprint density at radius 2 is 2.09 bits per heavy atom. The van der Waals surface area contributed by atoms with Crippen LogP contribution < -0.4 is 10.6 Å². The summed E-state index contributed by atoms with van der Waals surface area (Å²) >= 11 is 0. The molecule has 0 radical (unpaired) electrons. The molecule has 6 nitrogen and oxygen atoms in total. The summed E-state index contributed by atoms with van der Waals surface area (Å²) < 4.78 is 5.86. The van der Waals surface area contributed by atoms with E-state index in [-0.39, 0.29) is 5.91 Å². The van der Waals surface area contributed by atoms with E-state index in [2.05, 4.69) is 15.6 Å². The maximum absolute atomic E-state index is 11.7. The van der Waals surface area contributed by atoms with Crippen LogP contribution >= 0.6 is 0 Å². The van der Waals surface area contributed by atoms with Crippen molar-refractivity contribution in [2.24, 2.45) is 4.99 Å². The first-order valence-corrected chi connectivity index (χ1v) is 9.09. The van der Waals surface area contributed by atoms with Crippen molar-refractivity contribution in [3.63, 3.8) is 0 Å². The molecule has 0 aromatic rings. The Morgan fingerprint density at radius 1 is 1.30 bits per heavy atom. The second-order valence-electron chi connectivity index (χ2n) is 6.45. The molecule has 1 saturated carbocycles. The fourth-order valence-electron chi connectivity index (χ4n) is 3.30. The van der Waals surface area contributed by atoms with Crippen LogP contribution in [0.1, 0.15) is 51.9 Å². The zero-order valence-electron chi connectivity index (χ0n) is 14.6. The molecule has 1 amide bonds. The Balaban J connectivity index is 1.57. The number of likely N-dealkylation sites (tertiary alicyclic amines) is 1. The van der Waals surface area contributed by atoms with Gasteiger partial charge >= 0.3 is 0 Å². The Bertz CT molecular complexity index is 394. The summed E-state index contributed by atoms with van der Waals surface area (Å²) in [6.07, 6.45) is 8.14. The number of hydrogen-bond donors (Lipinski definition) is 2. The Kier molecular flexibility index (Phi) is 7.65. The molecule has 132 valence electrons. The molecule has 2 aliphatic rings. The van der Waals surface area contributed by atoms with Crippen molar-refractivity contribution in [1.82, 2.24) is 15.5 Å². The van der Waals surface area contributed by atoms with Crippen molar-refractivity contribution in [3.8, 4) is 0 Å². The van der Waals surface area contributed by atoms with E-state index in [1.165, 1.54) is 25.7 Å². The lowest BCUT2D eigenvalue weighted by Gasteiger charge is -2.19. The molecule has 0 aromatic carbocycles. The smallest absolute Gasteiger partial charge is 0.222 e. The first kappa shape index (κ1) is 18.0. The van der Waals surface area contributed by atoms with Crippen LogP contribution in [0.5, 0.6) is 0 Å². The molecule has 1 aliphatic carbocycles. The first-order chi connectivity index (χ1) is 11.2. The minimum atomic E-state index is 0.237. The molecule has 0 spiro atoms. The van der Waals surface area contributed by atoms with Gasteiger partial charge in [0.25, 0.3) is 0 Å². The summed E-state index contributed by atoms with van der Waals surface area (Å²) in [6.45, 7) is 5.21. The van der Waals surface area contributed by atoms with Gasteiger partial charge in [0.1, 0.15) is 0 Å². The van der Waals surface area contributed by atoms with E-state index >= 15 is 0 Å². The van der Waals surface area contributed by atoms with Gasteiger partial charge in [-0.2, -0.15) is 0 Å². The van der Waals surface area contributed by atoms with Gasteiger partial charge in [-0.1, -0.05) is 19.8 Å². The minimum Gasteiger partial charge on any atom is -0.378 e. The molecule has 2 rings (SSSR count). The molecule has 23 heavy (non-hydrogen) atoms. The highest BCUT2D eigenvalue weighted by atomic mass is 16.5. The van der Waals surface area contributed by atoms with Crippen molar-refractivity contribution in [2.45, 2.75) is 64.0 Å². The quantitative estimate of drug-likeness (QED) is 0.423. The lowest BCUT2D eigenvalue weighted by molar-refractivity contribution is -0.129. The van der Waals surface area contributed by atoms with Crippen molar-refractivity contribution in [1.29, 1.82) is 0 Å². The summed E-state index contributed by atoms with van der Waals surface area (Å²) in [6, 6.07) is 0.298. The number of nitrogens with zero attached hydrogens (tertiary/aromatic N) is 2. The summed E-state index contributed by atoms with van der Waals surface area (Å²) in [5, 5.41) is 6.75. The number of carbonyl (C=O) groups excluding carboxylic acids is 1. The van der Waals surface area contributed by atoms with Crippen LogP contribution in [0.3, 0.4) is 0 Å². The SMILES string of the molecule is CCC(=O)N1CCC(NC(=NC)NCCCOC2CCCC2)C1. The highest BCUT2D eigenvalue weighted by Crippen LogP contribution is 2.20. The average molecular weight is 324 g/mol. The monoisotopic (exact) mass is 324 g/mol. The Morgan fingerprint density at radius 3 is 2.78 bits per heavy atom. The number of rotatable bonds is 7. The molecular formula is C17H32N4O2. The van der Waals surface area contributed by atoms with Gasteiger partial charge in [0.2, 0.25) is 5.91 Å². The van der Waals surface area contributed by atoms with Crippen molar-refractivity contribution in [3.05, 3.63) is 0 Å². The summed E-state index contributed by atoms with van der Waals surface area (Å²) in [4.78, 5) is 17.9. The lowest BCUT2D eigenvalue weighted by atomic mass is 10.3. The van der Waals surface area contributed by atoms with Crippen LogP contribution in [0.15, 0.2) is 4.99 Å². The van der Waals surface area contributed by atoms with Gasteiger partial charge in [0, 0.05) is 45.8 Å². The third-order valence-corrected chi connectivity index (χ3v) is 4.68. The maximum atomic E-state index is 11.7. The Labute approximate surface area is 140 Å². The average Bonchev–Trinajstić information content (AvgIpc) is 3.24. The molecule has 6 heteroatoms. The van der Waals surface area contributed by atoms with E-state index in [9.17, 15) is 4.79 Å². The van der Waals surface area contributed by atoms with Gasteiger partial charge in [0.15, 0.2) is 5.96 Å². The molecule has 1 saturated heterocycles. The molecule has 0 aromatic heterocycles. The van der Waals surface area contributed by atoms with E-state index in [0.29, 0.717) is 18.6 Å². The third kappa shape index (κ3) is 6.01. The van der Waals surface area contributed by atoms with Gasteiger partial charge in [-0.15, -0.1) is 0 Å². The van der Waals surface area contributed by atoms with Gasteiger partial charge in [0.05, 0.1) is 6.10 Å². The highest BCUT2D eigenvalue weighted by Gasteiger charge is 2.25. The molecule has 1 aliphatic heterocycles. The zero-order valence-corrected chi connectivity index (χ0v) is 14.6. The lowest BCUT2D eigenvalue weighted by Crippen LogP contribution is -2.45. The number of ether oxygens (including phenoxy) is 1. The normalized spacial score (nSPS) is 22.6. The first-order valence-electron chi connectivity index (χ1n) is 9.09. The maximum Gasteiger partial charge on any atom is 0.222 e. The number of hydrogen-bond acceptors (Lipinski definition) is 3. The molecule has 0 bridgehead atoms. The van der Waals surface area contributed by atoms with E-state index in [1.54, 1.807) is 7.05 Å². The zero-order chi connectivity index (χ0) is 16.5. The molecule has 1 unspecified atom stereocenters. The number of carbonyl (C=O) groups is 1. The van der Waals surface area contributed by atoms with Crippen LogP contribution in [0.2, 0.25) is 0 Å². The standard InChI is InChI=1S/C17H32N4O2/c1-3-16(22)21-11-9-14(13-21)20-17(18-2)19-10-6-12-23-15-7-4-5-8-15/h14-15H,3-13H2,1-2H3,(H2,18,19,20). The molecular weight excluding hydrogens is 292 g/mol. The second kappa shape index (κ2) is 9.75. The van der Waals surface area contributed by atoms with Crippen LogP contribution in [-0.2, 0) is 9.53 Å². The van der Waals surface area contributed by atoms with E-state index in [1.807, 2.05) is 11.8 Å². The fraction of sp³-hybridized carbons (Fsp3) is 0.882. The highest BCUT2D eigenvalue weighted by molar-refractivity contribution is 5.80. The number of aliphatic imine (C=N–C) groups is 1. The van der Waals surface area contributed by atoms with Gasteiger partial charge < -0.3 is 20.3 Å². The van der Waals surface area contributed by atoms with Crippen molar-refractivity contribution >= 4 is 11.9 Å². The van der Waals surface area contributed by atoms with E-state index in [4.69, 9.17) is 4.74 Å². The molecule has 2 fully saturated rings. The minimum absolute atomic E-state index is 0.237. The summed E-state index contributed by atoms with van der Waals surface area (Å²) in [5.74, 6) is 1.06. The largest absolute Gasteiger partial charge is 0.378 e. The van der Waals surface area contributed by atoms with E-state index < -0.39 is 0 Å². The summed E-state index contributed by atoms with van der Waals surface area (Å²) in [5.41, 5.74) is 0. The van der Waals surface area contributed by atoms with Gasteiger partial charge in [-0.05, 0) is 25.7 Å². The number of guanidine groups is 1. The Hall–Kier alpha value is -1.30. The molecule has 1 atom stereocenters.